The molecule has 0 saturated carbocycles. The first-order valence-electron chi connectivity index (χ1n) is 5.85. The minimum absolute atomic E-state index is 0.403. The Labute approximate surface area is 86.8 Å². The van der Waals surface area contributed by atoms with Crippen LogP contribution in [0.25, 0.3) is 0 Å². The molecule has 2 aliphatic rings. The van der Waals surface area contributed by atoms with Gasteiger partial charge in [-0.15, -0.1) is 0 Å². The van der Waals surface area contributed by atoms with Crippen LogP contribution in [0.5, 0.6) is 0 Å². The normalized spacial score (nSPS) is 40.3. The molecule has 3 atom stereocenters. The quantitative estimate of drug-likeness (QED) is 0.712. The Bertz CT molecular complexity index is 170. The Balaban J connectivity index is 1.78. The first-order chi connectivity index (χ1) is 6.74. The van der Waals surface area contributed by atoms with E-state index in [2.05, 4.69) is 24.1 Å². The monoisotopic (exact) mass is 198 g/mol. The molecule has 0 aromatic carbocycles. The lowest BCUT2D eigenvalue weighted by atomic mass is 10.1. The van der Waals surface area contributed by atoms with Crippen LogP contribution in [0, 0.1) is 0 Å². The van der Waals surface area contributed by atoms with Gasteiger partial charge in [0.25, 0.3) is 0 Å². The van der Waals surface area contributed by atoms with E-state index in [0.29, 0.717) is 12.2 Å². The van der Waals surface area contributed by atoms with E-state index in [9.17, 15) is 0 Å². The number of rotatable bonds is 2. The van der Waals surface area contributed by atoms with Crippen LogP contribution in [0.3, 0.4) is 0 Å². The zero-order valence-electron chi connectivity index (χ0n) is 9.33. The van der Waals surface area contributed by atoms with E-state index in [4.69, 9.17) is 4.74 Å². The lowest BCUT2D eigenvalue weighted by Crippen LogP contribution is -2.49. The fourth-order valence-electron chi connectivity index (χ4n) is 2.66. The Morgan fingerprint density at radius 2 is 2.00 bits per heavy atom. The van der Waals surface area contributed by atoms with Gasteiger partial charge in [-0.3, -0.25) is 4.90 Å². The topological polar surface area (TPSA) is 24.5 Å². The van der Waals surface area contributed by atoms with E-state index in [1.54, 1.807) is 0 Å². The SMILES string of the molecule is CC1CN(CC2CCCN2)CC(C)O1. The zero-order chi connectivity index (χ0) is 9.97. The molecular weight excluding hydrogens is 176 g/mol. The minimum atomic E-state index is 0.403. The maximum Gasteiger partial charge on any atom is 0.0678 e. The fourth-order valence-corrected chi connectivity index (χ4v) is 2.66. The highest BCUT2D eigenvalue weighted by Gasteiger charge is 2.25. The highest BCUT2D eigenvalue weighted by Crippen LogP contribution is 2.13. The maximum absolute atomic E-state index is 5.72. The van der Waals surface area contributed by atoms with Gasteiger partial charge >= 0.3 is 0 Å². The molecule has 14 heavy (non-hydrogen) atoms. The van der Waals surface area contributed by atoms with Crippen molar-refractivity contribution >= 4 is 0 Å². The molecule has 1 N–H and O–H groups in total. The third-order valence-corrected chi connectivity index (χ3v) is 3.14. The molecule has 0 radical (unpaired) electrons. The van der Waals surface area contributed by atoms with Gasteiger partial charge in [-0.25, -0.2) is 0 Å². The van der Waals surface area contributed by atoms with Crippen molar-refractivity contribution in [2.24, 2.45) is 0 Å². The van der Waals surface area contributed by atoms with Crippen molar-refractivity contribution in [1.29, 1.82) is 0 Å². The van der Waals surface area contributed by atoms with Gasteiger partial charge in [0.15, 0.2) is 0 Å². The summed E-state index contributed by atoms with van der Waals surface area (Å²) in [6.45, 7) is 8.96. The summed E-state index contributed by atoms with van der Waals surface area (Å²) in [4.78, 5) is 2.54. The lowest BCUT2D eigenvalue weighted by molar-refractivity contribution is -0.0694. The molecule has 2 rings (SSSR count). The smallest absolute Gasteiger partial charge is 0.0678 e. The molecule has 2 fully saturated rings. The standard InChI is InChI=1S/C11H22N2O/c1-9-6-13(7-10(2)14-9)8-11-4-3-5-12-11/h9-12H,3-8H2,1-2H3. The molecule has 0 spiro atoms. The van der Waals surface area contributed by atoms with Crippen molar-refractivity contribution in [1.82, 2.24) is 10.2 Å². The summed E-state index contributed by atoms with van der Waals surface area (Å²) in [5, 5.41) is 3.55. The molecule has 0 bridgehead atoms. The number of hydrogen-bond donors (Lipinski definition) is 1. The van der Waals surface area contributed by atoms with Crippen LogP contribution in [0.1, 0.15) is 26.7 Å². The van der Waals surface area contributed by atoms with Gasteiger partial charge in [0, 0.05) is 25.7 Å². The Kier molecular flexibility index (Phi) is 3.42. The van der Waals surface area contributed by atoms with Gasteiger partial charge in [0.05, 0.1) is 12.2 Å². The lowest BCUT2D eigenvalue weighted by Gasteiger charge is -2.36. The van der Waals surface area contributed by atoms with E-state index >= 15 is 0 Å². The molecular formula is C11H22N2O. The minimum Gasteiger partial charge on any atom is -0.373 e. The molecule has 0 aromatic rings. The van der Waals surface area contributed by atoms with Crippen LogP contribution >= 0.6 is 0 Å². The zero-order valence-corrected chi connectivity index (χ0v) is 9.33. The van der Waals surface area contributed by atoms with Crippen molar-refractivity contribution in [2.75, 3.05) is 26.2 Å². The van der Waals surface area contributed by atoms with Crippen molar-refractivity contribution in [3.8, 4) is 0 Å². The average molecular weight is 198 g/mol. The molecule has 2 aliphatic heterocycles. The van der Waals surface area contributed by atoms with Crippen LogP contribution in [0.2, 0.25) is 0 Å². The molecule has 3 nitrogen and oxygen atoms in total. The summed E-state index contributed by atoms with van der Waals surface area (Å²) >= 11 is 0. The van der Waals surface area contributed by atoms with Crippen molar-refractivity contribution in [2.45, 2.75) is 44.9 Å². The highest BCUT2D eigenvalue weighted by molar-refractivity contribution is 4.81. The van der Waals surface area contributed by atoms with Gasteiger partial charge in [-0.05, 0) is 33.2 Å². The summed E-state index contributed by atoms with van der Waals surface area (Å²) < 4.78 is 5.72. The molecule has 0 aliphatic carbocycles. The van der Waals surface area contributed by atoms with E-state index in [1.165, 1.54) is 25.9 Å². The van der Waals surface area contributed by atoms with E-state index in [0.717, 1.165) is 19.1 Å². The Morgan fingerprint density at radius 3 is 2.57 bits per heavy atom. The van der Waals surface area contributed by atoms with E-state index < -0.39 is 0 Å². The molecule has 0 aromatic heterocycles. The summed E-state index contributed by atoms with van der Waals surface area (Å²) in [6, 6.07) is 0.729. The molecule has 3 heteroatoms. The third kappa shape index (κ3) is 2.69. The van der Waals surface area contributed by atoms with E-state index in [-0.39, 0.29) is 0 Å². The van der Waals surface area contributed by atoms with Crippen molar-refractivity contribution in [3.05, 3.63) is 0 Å². The first kappa shape index (κ1) is 10.4. The van der Waals surface area contributed by atoms with Crippen LogP contribution in [0.15, 0.2) is 0 Å². The maximum atomic E-state index is 5.72. The molecule has 3 unspecified atom stereocenters. The summed E-state index contributed by atoms with van der Waals surface area (Å²) in [6.07, 6.45) is 3.50. The fraction of sp³-hybridized carbons (Fsp3) is 1.00. The van der Waals surface area contributed by atoms with Gasteiger partial charge in [0.1, 0.15) is 0 Å². The van der Waals surface area contributed by atoms with Crippen LogP contribution in [0.4, 0.5) is 0 Å². The predicted octanol–water partition coefficient (Wildman–Crippen LogP) is 0.848. The van der Waals surface area contributed by atoms with Crippen molar-refractivity contribution in [3.63, 3.8) is 0 Å². The number of morpholine rings is 1. The Morgan fingerprint density at radius 1 is 1.29 bits per heavy atom. The highest BCUT2D eigenvalue weighted by atomic mass is 16.5. The number of nitrogens with one attached hydrogen (secondary N) is 1. The number of nitrogens with zero attached hydrogens (tertiary/aromatic N) is 1. The van der Waals surface area contributed by atoms with E-state index in [1.807, 2.05) is 0 Å². The first-order valence-corrected chi connectivity index (χ1v) is 5.85. The Hall–Kier alpha value is -0.120. The summed E-state index contributed by atoms with van der Waals surface area (Å²) in [5.41, 5.74) is 0. The molecule has 82 valence electrons. The van der Waals surface area contributed by atoms with Crippen LogP contribution in [-0.4, -0.2) is 49.3 Å². The van der Waals surface area contributed by atoms with Crippen molar-refractivity contribution < 1.29 is 4.74 Å². The van der Waals surface area contributed by atoms with Crippen LogP contribution < -0.4 is 5.32 Å². The molecule has 2 saturated heterocycles. The van der Waals surface area contributed by atoms with Crippen LogP contribution in [-0.2, 0) is 4.74 Å². The number of hydrogen-bond acceptors (Lipinski definition) is 3. The second-order valence-electron chi connectivity index (χ2n) is 4.77. The third-order valence-electron chi connectivity index (χ3n) is 3.14. The number of ether oxygens (including phenoxy) is 1. The summed E-state index contributed by atoms with van der Waals surface area (Å²) in [7, 11) is 0. The molecule has 0 amide bonds. The van der Waals surface area contributed by atoms with Gasteiger partial charge < -0.3 is 10.1 Å². The molecule has 2 heterocycles. The van der Waals surface area contributed by atoms with Gasteiger partial charge in [0.2, 0.25) is 0 Å². The summed E-state index contributed by atoms with van der Waals surface area (Å²) in [5.74, 6) is 0. The largest absolute Gasteiger partial charge is 0.373 e. The second kappa shape index (κ2) is 4.60. The van der Waals surface area contributed by atoms with Gasteiger partial charge in [-0.1, -0.05) is 0 Å². The van der Waals surface area contributed by atoms with Gasteiger partial charge in [-0.2, -0.15) is 0 Å². The predicted molar refractivity (Wildman–Crippen MR) is 57.5 cm³/mol. The average Bonchev–Trinajstić information content (AvgIpc) is 2.54. The second-order valence-corrected chi connectivity index (χ2v) is 4.77.